The number of nitrogen functional groups attached to an aromatic ring is 2. The highest BCUT2D eigenvalue weighted by Crippen LogP contribution is 2.23. The molecule has 0 heterocycles. The van der Waals surface area contributed by atoms with Crippen LogP contribution in [0.3, 0.4) is 0 Å². The molecule has 0 bridgehead atoms. The first-order chi connectivity index (χ1) is 25.5. The molecule has 0 saturated carbocycles. The maximum atomic E-state index is 5.90. The Morgan fingerprint density at radius 2 is 0.596 bits per heavy atom. The second-order valence-electron chi connectivity index (χ2n) is 15.7. The molecule has 0 unspecified atom stereocenters. The van der Waals surface area contributed by atoms with Gasteiger partial charge in [-0.25, -0.2) is 0 Å². The lowest BCUT2D eigenvalue weighted by molar-refractivity contribution is 0.540. The zero-order chi connectivity index (χ0) is 36.6. The van der Waals surface area contributed by atoms with E-state index in [9.17, 15) is 0 Å². The van der Waals surface area contributed by atoms with Crippen molar-refractivity contribution in [1.29, 1.82) is 0 Å². The molecule has 0 saturated heterocycles. The summed E-state index contributed by atoms with van der Waals surface area (Å²) >= 11 is 0. The van der Waals surface area contributed by atoms with Gasteiger partial charge < -0.3 is 11.5 Å². The van der Waals surface area contributed by atoms with Crippen molar-refractivity contribution in [2.24, 2.45) is 0 Å². The molecule has 2 heteroatoms. The van der Waals surface area contributed by atoms with E-state index >= 15 is 0 Å². The van der Waals surface area contributed by atoms with Gasteiger partial charge in [-0.3, -0.25) is 0 Å². The Bertz CT molecular complexity index is 1400. The fourth-order valence-corrected chi connectivity index (χ4v) is 7.80. The lowest BCUT2D eigenvalue weighted by Gasteiger charge is -2.13. The van der Waals surface area contributed by atoms with E-state index in [0.717, 1.165) is 24.2 Å². The van der Waals surface area contributed by atoms with Crippen molar-refractivity contribution >= 4 is 11.4 Å². The predicted octanol–water partition coefficient (Wildman–Crippen LogP) is 14.0. The van der Waals surface area contributed by atoms with Gasteiger partial charge in [-0.15, -0.1) is 0 Å². The van der Waals surface area contributed by atoms with E-state index in [1.54, 1.807) is 22.3 Å². The number of anilines is 2. The fourth-order valence-electron chi connectivity index (χ4n) is 7.80. The highest BCUT2D eigenvalue weighted by Gasteiger charge is 2.08. The minimum absolute atomic E-state index is 0.841. The lowest BCUT2D eigenvalue weighted by Crippen LogP contribution is -1.99. The van der Waals surface area contributed by atoms with Crippen molar-refractivity contribution in [1.82, 2.24) is 0 Å². The average molecular weight is 701 g/mol. The smallest absolute Gasteiger partial charge is 0.0314 e. The van der Waals surface area contributed by atoms with Crippen LogP contribution < -0.4 is 11.5 Å². The van der Waals surface area contributed by atoms with Crippen LogP contribution >= 0.6 is 0 Å². The van der Waals surface area contributed by atoms with Crippen molar-refractivity contribution in [2.45, 2.75) is 168 Å². The Morgan fingerprint density at radius 3 is 0.942 bits per heavy atom. The Hall–Kier alpha value is -3.52. The van der Waals surface area contributed by atoms with E-state index in [1.165, 1.54) is 164 Å². The summed E-state index contributed by atoms with van der Waals surface area (Å²) in [6.07, 6.45) is 31.4. The molecular weight excluding hydrogens is 629 g/mol. The molecule has 2 nitrogen and oxygen atoms in total. The number of rotatable bonds is 27. The molecule has 0 aromatic heterocycles. The summed E-state index contributed by atoms with van der Waals surface area (Å²) in [5.41, 5.74) is 25.4. The quantitative estimate of drug-likeness (QED) is 0.0480. The van der Waals surface area contributed by atoms with Crippen molar-refractivity contribution in [3.05, 3.63) is 129 Å². The minimum atomic E-state index is 0.841. The van der Waals surface area contributed by atoms with Crippen molar-refractivity contribution in [3.8, 4) is 0 Å². The number of benzene rings is 4. The van der Waals surface area contributed by atoms with Gasteiger partial charge in [-0.05, 0) is 133 Å². The van der Waals surface area contributed by atoms with Gasteiger partial charge in [0.2, 0.25) is 0 Å². The zero-order valence-electron chi connectivity index (χ0n) is 33.2. The number of aryl methyl sites for hydroxylation is 4. The SMILES string of the molecule is CCCCCc1cc(Cc2ccc(N)cc2)ccc1CCCCCCCCCCCCCCc1ccc(Cc2ccc(N)cc2)cc1CCCCC. The average Bonchev–Trinajstić information content (AvgIpc) is 3.15. The Labute approximate surface area is 319 Å². The summed E-state index contributed by atoms with van der Waals surface area (Å²) in [4.78, 5) is 0. The molecule has 0 spiro atoms. The standard InChI is InChI=1S/C50H72N2/c1-3-5-17-23-47-39-43(37-41-27-33-49(51)34-28-41)25-31-45(47)21-19-15-13-11-9-7-8-10-12-14-16-20-22-46-32-26-44(40-48(46)24-18-6-4-2)38-42-29-35-50(52)36-30-42/h25-36,39-40H,3-24,37-38,51-52H2,1-2H3. The molecule has 0 aliphatic carbocycles. The Balaban J connectivity index is 1.05. The van der Waals surface area contributed by atoms with Crippen LogP contribution in [0, 0.1) is 0 Å². The first-order valence-corrected chi connectivity index (χ1v) is 21.4. The van der Waals surface area contributed by atoms with Gasteiger partial charge in [-0.2, -0.15) is 0 Å². The van der Waals surface area contributed by atoms with Gasteiger partial charge in [0.25, 0.3) is 0 Å². The molecule has 4 aromatic carbocycles. The van der Waals surface area contributed by atoms with Gasteiger partial charge in [-0.1, -0.05) is 164 Å². The van der Waals surface area contributed by atoms with Gasteiger partial charge in [0.05, 0.1) is 0 Å². The summed E-state index contributed by atoms with van der Waals surface area (Å²) in [7, 11) is 0. The van der Waals surface area contributed by atoms with Crippen molar-refractivity contribution in [3.63, 3.8) is 0 Å². The predicted molar refractivity (Wildman–Crippen MR) is 229 cm³/mol. The van der Waals surface area contributed by atoms with Gasteiger partial charge in [0.15, 0.2) is 0 Å². The second kappa shape index (κ2) is 24.7. The summed E-state index contributed by atoms with van der Waals surface area (Å²) in [5, 5.41) is 0. The normalized spacial score (nSPS) is 11.3. The van der Waals surface area contributed by atoms with E-state index < -0.39 is 0 Å². The third-order valence-corrected chi connectivity index (χ3v) is 11.1. The molecular formula is C50H72N2. The first kappa shape index (κ1) is 41.2. The van der Waals surface area contributed by atoms with E-state index in [0.29, 0.717) is 0 Å². The molecule has 0 atom stereocenters. The van der Waals surface area contributed by atoms with Gasteiger partial charge in [0, 0.05) is 11.4 Å². The van der Waals surface area contributed by atoms with E-state index in [4.69, 9.17) is 11.5 Å². The third-order valence-electron chi connectivity index (χ3n) is 11.1. The van der Waals surface area contributed by atoms with Crippen LogP contribution in [0.2, 0.25) is 0 Å². The number of hydrogen-bond acceptors (Lipinski definition) is 2. The largest absolute Gasteiger partial charge is 0.399 e. The van der Waals surface area contributed by atoms with Crippen LogP contribution in [0.1, 0.15) is 174 Å². The summed E-state index contributed by atoms with van der Waals surface area (Å²) in [6, 6.07) is 31.3. The van der Waals surface area contributed by atoms with Crippen LogP contribution in [0.25, 0.3) is 0 Å². The van der Waals surface area contributed by atoms with E-state index in [2.05, 4.69) is 74.5 Å². The minimum Gasteiger partial charge on any atom is -0.399 e. The molecule has 4 rings (SSSR count). The molecule has 0 amide bonds. The third kappa shape index (κ3) is 16.0. The number of unbranched alkanes of at least 4 members (excludes halogenated alkanes) is 15. The van der Waals surface area contributed by atoms with Crippen molar-refractivity contribution < 1.29 is 0 Å². The topological polar surface area (TPSA) is 52.0 Å². The molecule has 0 aliphatic rings. The first-order valence-electron chi connectivity index (χ1n) is 21.4. The Morgan fingerprint density at radius 1 is 0.308 bits per heavy atom. The Kier molecular flexibility index (Phi) is 19.6. The summed E-state index contributed by atoms with van der Waals surface area (Å²) in [5.74, 6) is 0. The molecule has 282 valence electrons. The van der Waals surface area contributed by atoms with Crippen LogP contribution in [0.4, 0.5) is 11.4 Å². The maximum Gasteiger partial charge on any atom is 0.0314 e. The van der Waals surface area contributed by atoms with E-state index in [-0.39, 0.29) is 0 Å². The van der Waals surface area contributed by atoms with Crippen LogP contribution in [-0.4, -0.2) is 0 Å². The highest BCUT2D eigenvalue weighted by atomic mass is 14.5. The lowest BCUT2D eigenvalue weighted by atomic mass is 9.93. The summed E-state index contributed by atoms with van der Waals surface area (Å²) < 4.78 is 0. The molecule has 52 heavy (non-hydrogen) atoms. The fraction of sp³-hybridized carbons (Fsp3) is 0.520. The molecule has 0 aliphatic heterocycles. The van der Waals surface area contributed by atoms with Crippen LogP contribution in [0.15, 0.2) is 84.9 Å². The molecule has 0 fully saturated rings. The van der Waals surface area contributed by atoms with Crippen LogP contribution in [0.5, 0.6) is 0 Å². The highest BCUT2D eigenvalue weighted by molar-refractivity contribution is 5.43. The summed E-state index contributed by atoms with van der Waals surface area (Å²) in [6.45, 7) is 4.60. The monoisotopic (exact) mass is 701 g/mol. The second-order valence-corrected chi connectivity index (χ2v) is 15.7. The zero-order valence-corrected chi connectivity index (χ0v) is 33.2. The number of hydrogen-bond donors (Lipinski definition) is 2. The van der Waals surface area contributed by atoms with Crippen LogP contribution in [-0.2, 0) is 38.5 Å². The molecule has 4 aromatic rings. The molecule has 0 radical (unpaired) electrons. The van der Waals surface area contributed by atoms with Gasteiger partial charge >= 0.3 is 0 Å². The van der Waals surface area contributed by atoms with E-state index in [1.807, 2.05) is 24.3 Å². The maximum absolute atomic E-state index is 5.90. The molecule has 4 N–H and O–H groups in total. The number of nitrogens with two attached hydrogens (primary N) is 2. The van der Waals surface area contributed by atoms with Crippen molar-refractivity contribution in [2.75, 3.05) is 11.5 Å². The van der Waals surface area contributed by atoms with Gasteiger partial charge in [0.1, 0.15) is 0 Å².